The number of aromatic nitrogens is 1. The molecule has 0 atom stereocenters. The van der Waals surface area contributed by atoms with Gasteiger partial charge in [-0.3, -0.25) is 20.2 Å². The molecule has 0 fully saturated rings. The number of nitro benzene ring substituents is 1. The SMILES string of the molecule is N#Cc1cnc(NCc2ccccc2[N+](=O)[O-])c([N+](=O)[O-])c1. The van der Waals surface area contributed by atoms with Gasteiger partial charge in [-0.15, -0.1) is 0 Å². The number of nitrogens with one attached hydrogen (secondary N) is 1. The smallest absolute Gasteiger partial charge is 0.312 e. The predicted molar refractivity (Wildman–Crippen MR) is 76.0 cm³/mol. The highest BCUT2D eigenvalue weighted by Crippen LogP contribution is 2.24. The second-order valence-electron chi connectivity index (χ2n) is 4.20. The first-order chi connectivity index (χ1) is 10.5. The van der Waals surface area contributed by atoms with Crippen molar-refractivity contribution in [2.45, 2.75) is 6.54 Å². The number of hydrogen-bond acceptors (Lipinski definition) is 7. The molecular weight excluding hydrogens is 290 g/mol. The van der Waals surface area contributed by atoms with Crippen LogP contribution in [0.4, 0.5) is 17.2 Å². The average Bonchev–Trinajstić information content (AvgIpc) is 2.52. The summed E-state index contributed by atoms with van der Waals surface area (Å²) in [7, 11) is 0. The largest absolute Gasteiger partial charge is 0.360 e. The number of hydrogen-bond donors (Lipinski definition) is 1. The Hall–Kier alpha value is -3.54. The summed E-state index contributed by atoms with van der Waals surface area (Å²) in [5.41, 5.74) is -0.0279. The van der Waals surface area contributed by atoms with Gasteiger partial charge >= 0.3 is 5.69 Å². The summed E-state index contributed by atoms with van der Waals surface area (Å²) < 4.78 is 0. The van der Waals surface area contributed by atoms with E-state index >= 15 is 0 Å². The standard InChI is InChI=1S/C13H9N5O4/c14-6-9-5-12(18(21)22)13(15-7-9)16-8-10-3-1-2-4-11(10)17(19)20/h1-5,7H,8H2,(H,15,16). The maximum atomic E-state index is 11.0. The summed E-state index contributed by atoms with van der Waals surface area (Å²) in [6, 6.07) is 8.90. The fourth-order valence-corrected chi connectivity index (χ4v) is 1.81. The Morgan fingerprint density at radius 2 is 1.86 bits per heavy atom. The average molecular weight is 299 g/mol. The Kier molecular flexibility index (Phi) is 4.24. The topological polar surface area (TPSA) is 135 Å². The van der Waals surface area contributed by atoms with E-state index in [1.807, 2.05) is 0 Å². The molecule has 9 nitrogen and oxygen atoms in total. The molecule has 22 heavy (non-hydrogen) atoms. The molecular formula is C13H9N5O4. The van der Waals surface area contributed by atoms with Crippen LogP contribution in [0.1, 0.15) is 11.1 Å². The van der Waals surface area contributed by atoms with Crippen LogP contribution < -0.4 is 5.32 Å². The van der Waals surface area contributed by atoms with Crippen LogP contribution in [-0.4, -0.2) is 14.8 Å². The Balaban J connectivity index is 2.28. The molecule has 110 valence electrons. The van der Waals surface area contributed by atoms with E-state index in [1.54, 1.807) is 18.2 Å². The van der Waals surface area contributed by atoms with Crippen LogP contribution in [0.25, 0.3) is 0 Å². The van der Waals surface area contributed by atoms with Crippen LogP contribution >= 0.6 is 0 Å². The van der Waals surface area contributed by atoms with Gasteiger partial charge in [-0.25, -0.2) is 4.98 Å². The van der Waals surface area contributed by atoms with Gasteiger partial charge in [-0.2, -0.15) is 5.26 Å². The van der Waals surface area contributed by atoms with Gasteiger partial charge in [0.1, 0.15) is 6.07 Å². The molecule has 9 heteroatoms. The van der Waals surface area contributed by atoms with Crippen molar-refractivity contribution in [2.24, 2.45) is 0 Å². The third-order valence-electron chi connectivity index (χ3n) is 2.83. The lowest BCUT2D eigenvalue weighted by Gasteiger charge is -2.07. The molecule has 0 spiro atoms. The van der Waals surface area contributed by atoms with Crippen molar-refractivity contribution in [1.29, 1.82) is 5.26 Å². The van der Waals surface area contributed by atoms with E-state index in [1.165, 1.54) is 18.3 Å². The normalized spacial score (nSPS) is 9.77. The van der Waals surface area contributed by atoms with Crippen molar-refractivity contribution in [3.05, 3.63) is 67.9 Å². The van der Waals surface area contributed by atoms with Crippen molar-refractivity contribution in [3.63, 3.8) is 0 Å². The van der Waals surface area contributed by atoms with Gasteiger partial charge in [0.05, 0.1) is 15.4 Å². The van der Waals surface area contributed by atoms with Gasteiger partial charge in [0.15, 0.2) is 0 Å². The molecule has 1 heterocycles. The van der Waals surface area contributed by atoms with Crippen LogP contribution in [-0.2, 0) is 6.54 Å². The van der Waals surface area contributed by atoms with Crippen LogP contribution in [0.3, 0.4) is 0 Å². The molecule has 2 aromatic rings. The lowest BCUT2D eigenvalue weighted by molar-refractivity contribution is -0.385. The molecule has 0 amide bonds. The maximum Gasteiger partial charge on any atom is 0.312 e. The van der Waals surface area contributed by atoms with Crippen LogP contribution in [0.5, 0.6) is 0 Å². The molecule has 0 radical (unpaired) electrons. The highest BCUT2D eigenvalue weighted by Gasteiger charge is 2.18. The van der Waals surface area contributed by atoms with Gasteiger partial charge in [-0.05, 0) is 0 Å². The fraction of sp³-hybridized carbons (Fsp3) is 0.0769. The summed E-state index contributed by atoms with van der Waals surface area (Å²) in [4.78, 5) is 24.5. The minimum atomic E-state index is -0.671. The summed E-state index contributed by atoms with van der Waals surface area (Å²) >= 11 is 0. The van der Waals surface area contributed by atoms with E-state index in [4.69, 9.17) is 5.26 Å². The zero-order chi connectivity index (χ0) is 16.1. The Morgan fingerprint density at radius 1 is 1.18 bits per heavy atom. The van der Waals surface area contributed by atoms with Crippen molar-refractivity contribution in [3.8, 4) is 6.07 Å². The van der Waals surface area contributed by atoms with Crippen LogP contribution in [0.15, 0.2) is 36.5 Å². The van der Waals surface area contributed by atoms with Gasteiger partial charge < -0.3 is 5.32 Å². The molecule has 2 rings (SSSR count). The quantitative estimate of drug-likeness (QED) is 0.661. The molecule has 1 aromatic carbocycles. The fourth-order valence-electron chi connectivity index (χ4n) is 1.81. The van der Waals surface area contributed by atoms with Crippen LogP contribution in [0.2, 0.25) is 0 Å². The zero-order valence-electron chi connectivity index (χ0n) is 11.1. The molecule has 0 aliphatic rings. The predicted octanol–water partition coefficient (Wildman–Crippen LogP) is 2.38. The number of rotatable bonds is 5. The van der Waals surface area contributed by atoms with Gasteiger partial charge in [0, 0.05) is 30.4 Å². The molecule has 0 aliphatic carbocycles. The van der Waals surface area contributed by atoms with Gasteiger partial charge in [-0.1, -0.05) is 18.2 Å². The Morgan fingerprint density at radius 3 is 2.50 bits per heavy atom. The zero-order valence-corrected chi connectivity index (χ0v) is 11.1. The van der Waals surface area contributed by atoms with E-state index < -0.39 is 9.85 Å². The van der Waals surface area contributed by atoms with Gasteiger partial charge in [0.2, 0.25) is 5.82 Å². The first-order valence-electron chi connectivity index (χ1n) is 6.03. The summed E-state index contributed by atoms with van der Waals surface area (Å²) in [6.45, 7) is -0.00308. The first kappa shape index (κ1) is 14.9. The second-order valence-corrected chi connectivity index (χ2v) is 4.20. The summed E-state index contributed by atoms with van der Waals surface area (Å²) in [5, 5.41) is 33.3. The summed E-state index contributed by atoms with van der Waals surface area (Å²) in [6.07, 6.45) is 1.19. The highest BCUT2D eigenvalue weighted by atomic mass is 16.6. The third-order valence-corrected chi connectivity index (χ3v) is 2.83. The first-order valence-corrected chi connectivity index (χ1v) is 6.03. The minimum absolute atomic E-state index is 0.00308. The molecule has 0 bridgehead atoms. The Bertz CT molecular complexity index is 784. The second kappa shape index (κ2) is 6.27. The number of nitrogens with zero attached hydrogens (tertiary/aromatic N) is 4. The van der Waals surface area contributed by atoms with Crippen molar-refractivity contribution in [2.75, 3.05) is 5.32 Å². The minimum Gasteiger partial charge on any atom is -0.360 e. The molecule has 1 aromatic heterocycles. The van der Waals surface area contributed by atoms with E-state index in [0.717, 1.165) is 6.07 Å². The monoisotopic (exact) mass is 299 g/mol. The Labute approximate surface area is 124 Å². The van der Waals surface area contributed by atoms with Gasteiger partial charge in [0.25, 0.3) is 5.69 Å². The third kappa shape index (κ3) is 3.13. The number of nitriles is 1. The van der Waals surface area contributed by atoms with E-state index in [-0.39, 0.29) is 29.3 Å². The van der Waals surface area contributed by atoms with E-state index in [9.17, 15) is 20.2 Å². The van der Waals surface area contributed by atoms with E-state index in [2.05, 4.69) is 10.3 Å². The molecule has 0 aliphatic heterocycles. The molecule has 1 N–H and O–H groups in total. The number of nitro groups is 2. The molecule has 0 unspecified atom stereocenters. The number of benzene rings is 1. The lowest BCUT2D eigenvalue weighted by Crippen LogP contribution is -2.06. The maximum absolute atomic E-state index is 11.0. The van der Waals surface area contributed by atoms with Crippen molar-refractivity contribution in [1.82, 2.24) is 4.98 Å². The number of para-hydroxylation sites is 1. The highest BCUT2D eigenvalue weighted by molar-refractivity contribution is 5.59. The molecule has 0 saturated heterocycles. The number of anilines is 1. The van der Waals surface area contributed by atoms with Crippen LogP contribution in [0, 0.1) is 31.6 Å². The lowest BCUT2D eigenvalue weighted by atomic mass is 10.2. The van der Waals surface area contributed by atoms with E-state index in [0.29, 0.717) is 5.56 Å². The van der Waals surface area contributed by atoms with Crippen molar-refractivity contribution < 1.29 is 9.85 Å². The van der Waals surface area contributed by atoms with Crippen molar-refractivity contribution >= 4 is 17.2 Å². The number of pyridine rings is 1. The molecule has 0 saturated carbocycles. The summed E-state index contributed by atoms with van der Waals surface area (Å²) in [5.74, 6) is -0.0536.